The van der Waals surface area contributed by atoms with Crippen LogP contribution in [0.3, 0.4) is 0 Å². The maximum atomic E-state index is 13.1. The summed E-state index contributed by atoms with van der Waals surface area (Å²) < 4.78 is 46.4. The number of amides is 2. The Labute approximate surface area is 187 Å². The molecule has 3 aromatic rings. The number of aromatic nitrogens is 1. The van der Waals surface area contributed by atoms with E-state index in [9.17, 15) is 23.2 Å². The van der Waals surface area contributed by atoms with E-state index in [1.807, 2.05) is 17.6 Å². The van der Waals surface area contributed by atoms with Crippen LogP contribution in [-0.4, -0.2) is 36.2 Å². The third-order valence-electron chi connectivity index (χ3n) is 4.50. The minimum absolute atomic E-state index is 0.0476. The SMILES string of the molecule is COc1ccc(CCNC(=O)N(c2ccc(OC(F)(F)F)cc2)c2ncccc2NO)cc1. The van der Waals surface area contributed by atoms with Gasteiger partial charge in [0.1, 0.15) is 17.2 Å². The van der Waals surface area contributed by atoms with Gasteiger partial charge in [-0.3, -0.25) is 10.7 Å². The van der Waals surface area contributed by atoms with Crippen LogP contribution in [0.1, 0.15) is 5.56 Å². The van der Waals surface area contributed by atoms with Crippen LogP contribution in [0.4, 0.5) is 35.2 Å². The summed E-state index contributed by atoms with van der Waals surface area (Å²) in [5.74, 6) is 0.324. The molecule has 0 aliphatic rings. The minimum Gasteiger partial charge on any atom is -0.497 e. The maximum absolute atomic E-state index is 13.1. The molecule has 1 aromatic heterocycles. The van der Waals surface area contributed by atoms with Crippen molar-refractivity contribution in [2.45, 2.75) is 12.8 Å². The van der Waals surface area contributed by atoms with E-state index in [-0.39, 0.29) is 23.7 Å². The van der Waals surface area contributed by atoms with E-state index in [2.05, 4.69) is 15.0 Å². The summed E-state index contributed by atoms with van der Waals surface area (Å²) in [7, 11) is 1.57. The summed E-state index contributed by atoms with van der Waals surface area (Å²) in [6.07, 6.45) is -2.90. The highest BCUT2D eigenvalue weighted by Crippen LogP contribution is 2.32. The first-order valence-corrected chi connectivity index (χ1v) is 9.72. The molecule has 1 heterocycles. The smallest absolute Gasteiger partial charge is 0.497 e. The van der Waals surface area contributed by atoms with Gasteiger partial charge in [-0.25, -0.2) is 14.7 Å². The molecule has 0 aliphatic carbocycles. The normalized spacial score (nSPS) is 10.9. The second-order valence-corrected chi connectivity index (χ2v) is 6.69. The number of anilines is 3. The number of benzene rings is 2. The molecule has 2 aromatic carbocycles. The second kappa shape index (κ2) is 10.6. The lowest BCUT2D eigenvalue weighted by atomic mass is 10.1. The summed E-state index contributed by atoms with van der Waals surface area (Å²) in [6, 6.07) is 14.5. The number of carbonyl (C=O) groups is 1. The van der Waals surface area contributed by atoms with Crippen molar-refractivity contribution in [1.29, 1.82) is 0 Å². The molecule has 0 atom stereocenters. The van der Waals surface area contributed by atoms with Crippen LogP contribution < -0.4 is 25.2 Å². The fourth-order valence-corrected chi connectivity index (χ4v) is 2.98. The van der Waals surface area contributed by atoms with E-state index in [4.69, 9.17) is 4.74 Å². The summed E-state index contributed by atoms with van der Waals surface area (Å²) in [5, 5.41) is 12.2. The standard InChI is InChI=1S/C22H21F3N4O4/c1-32-17-8-4-15(5-9-17)12-14-27-21(30)29(20-19(28-31)3-2-13-26-20)16-6-10-18(11-7-16)33-22(23,24)25/h2-11,13,28,31H,12,14H2,1H3,(H,27,30). The first-order valence-electron chi connectivity index (χ1n) is 9.72. The van der Waals surface area contributed by atoms with Crippen molar-refractivity contribution >= 4 is 23.2 Å². The highest BCUT2D eigenvalue weighted by atomic mass is 19.4. The Kier molecular flexibility index (Phi) is 7.57. The average molecular weight is 462 g/mol. The van der Waals surface area contributed by atoms with Gasteiger partial charge in [0.05, 0.1) is 12.8 Å². The summed E-state index contributed by atoms with van der Waals surface area (Å²) in [4.78, 5) is 18.3. The van der Waals surface area contributed by atoms with Crippen molar-refractivity contribution in [1.82, 2.24) is 10.3 Å². The fourth-order valence-electron chi connectivity index (χ4n) is 2.98. The molecule has 0 aliphatic heterocycles. The van der Waals surface area contributed by atoms with E-state index in [1.54, 1.807) is 25.3 Å². The summed E-state index contributed by atoms with van der Waals surface area (Å²) >= 11 is 0. The summed E-state index contributed by atoms with van der Waals surface area (Å²) in [6.45, 7) is 0.269. The predicted molar refractivity (Wildman–Crippen MR) is 115 cm³/mol. The molecule has 3 N–H and O–H groups in total. The number of ether oxygens (including phenoxy) is 2. The summed E-state index contributed by atoms with van der Waals surface area (Å²) in [5.41, 5.74) is 3.26. The minimum atomic E-state index is -4.84. The predicted octanol–water partition coefficient (Wildman–Crippen LogP) is 4.88. The molecule has 0 bridgehead atoms. The Balaban J connectivity index is 1.80. The Bertz CT molecular complexity index is 1060. The maximum Gasteiger partial charge on any atom is 0.573 e. The van der Waals surface area contributed by atoms with Crippen molar-refractivity contribution in [3.63, 3.8) is 0 Å². The topological polar surface area (TPSA) is 96.0 Å². The lowest BCUT2D eigenvalue weighted by Crippen LogP contribution is -2.38. The van der Waals surface area contributed by atoms with E-state index in [1.165, 1.54) is 24.4 Å². The van der Waals surface area contributed by atoms with Gasteiger partial charge >= 0.3 is 12.4 Å². The van der Waals surface area contributed by atoms with Gasteiger partial charge in [0.15, 0.2) is 5.82 Å². The van der Waals surface area contributed by atoms with Gasteiger partial charge < -0.3 is 14.8 Å². The third kappa shape index (κ3) is 6.50. The number of rotatable bonds is 8. The zero-order valence-electron chi connectivity index (χ0n) is 17.5. The number of hydrogen-bond donors (Lipinski definition) is 3. The van der Waals surface area contributed by atoms with Gasteiger partial charge in [0.2, 0.25) is 0 Å². The number of nitrogens with zero attached hydrogens (tertiary/aromatic N) is 2. The zero-order valence-corrected chi connectivity index (χ0v) is 17.5. The van der Waals surface area contributed by atoms with Crippen LogP contribution in [-0.2, 0) is 6.42 Å². The number of nitrogens with one attached hydrogen (secondary N) is 2. The molecular formula is C22H21F3N4O4. The molecule has 0 radical (unpaired) electrons. The van der Waals surface area contributed by atoms with Gasteiger partial charge in [-0.15, -0.1) is 13.2 Å². The van der Waals surface area contributed by atoms with E-state index in [0.717, 1.165) is 22.6 Å². The largest absolute Gasteiger partial charge is 0.573 e. The Hall–Kier alpha value is -3.99. The number of pyridine rings is 1. The molecule has 3 rings (SSSR count). The van der Waals surface area contributed by atoms with E-state index < -0.39 is 18.1 Å². The van der Waals surface area contributed by atoms with Crippen molar-refractivity contribution < 1.29 is 32.6 Å². The van der Waals surface area contributed by atoms with Gasteiger partial charge in [0, 0.05) is 12.7 Å². The Morgan fingerprint density at radius 2 is 1.73 bits per heavy atom. The van der Waals surface area contributed by atoms with Crippen molar-refractivity contribution in [2.75, 3.05) is 24.0 Å². The molecule has 2 amide bonds. The Morgan fingerprint density at radius 1 is 1.06 bits per heavy atom. The molecule has 0 saturated heterocycles. The van der Waals surface area contributed by atoms with Crippen LogP contribution in [0.15, 0.2) is 66.9 Å². The van der Waals surface area contributed by atoms with Crippen molar-refractivity contribution in [3.05, 3.63) is 72.4 Å². The highest BCUT2D eigenvalue weighted by Gasteiger charge is 2.31. The molecule has 33 heavy (non-hydrogen) atoms. The second-order valence-electron chi connectivity index (χ2n) is 6.69. The van der Waals surface area contributed by atoms with Gasteiger partial charge in [-0.1, -0.05) is 12.1 Å². The van der Waals surface area contributed by atoms with Gasteiger partial charge in [-0.2, -0.15) is 0 Å². The zero-order chi connectivity index (χ0) is 23.8. The third-order valence-corrected chi connectivity index (χ3v) is 4.50. The lowest BCUT2D eigenvalue weighted by molar-refractivity contribution is -0.274. The number of hydrogen-bond acceptors (Lipinski definition) is 6. The first kappa shape index (κ1) is 23.7. The quantitative estimate of drug-likeness (QED) is 0.413. The number of alkyl halides is 3. The lowest BCUT2D eigenvalue weighted by Gasteiger charge is -2.24. The molecular weight excluding hydrogens is 441 g/mol. The highest BCUT2D eigenvalue weighted by molar-refractivity contribution is 6.01. The molecule has 0 fully saturated rings. The molecule has 0 saturated carbocycles. The molecule has 0 unspecified atom stereocenters. The first-order chi connectivity index (χ1) is 15.8. The number of urea groups is 1. The number of halogens is 3. The van der Waals surface area contributed by atoms with Crippen LogP contribution in [0.5, 0.6) is 11.5 Å². The average Bonchev–Trinajstić information content (AvgIpc) is 2.80. The number of carbonyl (C=O) groups excluding carboxylic acids is 1. The molecule has 174 valence electrons. The fraction of sp³-hybridized carbons (Fsp3) is 0.182. The van der Waals surface area contributed by atoms with E-state index in [0.29, 0.717) is 12.2 Å². The van der Waals surface area contributed by atoms with Crippen LogP contribution in [0, 0.1) is 0 Å². The van der Waals surface area contributed by atoms with Crippen LogP contribution >= 0.6 is 0 Å². The van der Waals surface area contributed by atoms with Gasteiger partial charge in [-0.05, 0) is 60.5 Å². The molecule has 11 heteroatoms. The van der Waals surface area contributed by atoms with Gasteiger partial charge in [0.25, 0.3) is 0 Å². The van der Waals surface area contributed by atoms with Crippen LogP contribution in [0.2, 0.25) is 0 Å². The van der Waals surface area contributed by atoms with Crippen molar-refractivity contribution in [2.24, 2.45) is 0 Å². The monoisotopic (exact) mass is 462 g/mol. The number of methoxy groups -OCH3 is 1. The molecule has 0 spiro atoms. The van der Waals surface area contributed by atoms with Crippen LogP contribution in [0.25, 0.3) is 0 Å². The van der Waals surface area contributed by atoms with Crippen molar-refractivity contribution in [3.8, 4) is 11.5 Å². The molecule has 8 nitrogen and oxygen atoms in total. The Morgan fingerprint density at radius 3 is 2.33 bits per heavy atom. The van der Waals surface area contributed by atoms with E-state index >= 15 is 0 Å².